The standard InChI is InChI=1S/C29H30BF9NO4/c1-6-26(41-7-2,40(3,4)5)24-18-21(29(37,38)39)12-17-25(24)44-30(42-22-13-8-19(9-14-22)27(31,32)33)43-23-15-10-20(11-16-23)28(34,35)36/h8-18H,6-7H2,1-5H3/q+1. The van der Waals surface area contributed by atoms with Gasteiger partial charge in [-0.25, -0.2) is 0 Å². The number of hydrogen-bond donors (Lipinski definition) is 0. The van der Waals surface area contributed by atoms with Gasteiger partial charge >= 0.3 is 25.9 Å². The molecule has 0 saturated heterocycles. The monoisotopic (exact) mass is 638 g/mol. The third-order valence-electron chi connectivity index (χ3n) is 6.72. The minimum absolute atomic E-state index is 0.0147. The number of nitrogens with zero attached hydrogens (tertiary/aromatic N) is 1. The van der Waals surface area contributed by atoms with E-state index in [1.54, 1.807) is 35.0 Å². The first-order valence-electron chi connectivity index (χ1n) is 13.2. The van der Waals surface area contributed by atoms with Crippen molar-refractivity contribution in [3.05, 3.63) is 89.0 Å². The quantitative estimate of drug-likeness (QED) is 0.0913. The van der Waals surface area contributed by atoms with E-state index >= 15 is 0 Å². The maximum atomic E-state index is 13.8. The van der Waals surface area contributed by atoms with E-state index < -0.39 is 48.3 Å². The summed E-state index contributed by atoms with van der Waals surface area (Å²) in [6.45, 7) is 3.48. The zero-order valence-corrected chi connectivity index (χ0v) is 24.3. The number of rotatable bonds is 11. The molecule has 0 N–H and O–H groups in total. The van der Waals surface area contributed by atoms with Gasteiger partial charge < -0.3 is 18.7 Å². The van der Waals surface area contributed by atoms with Gasteiger partial charge in [-0.2, -0.15) is 39.5 Å². The van der Waals surface area contributed by atoms with Crippen LogP contribution in [0.1, 0.15) is 42.5 Å². The van der Waals surface area contributed by atoms with E-state index in [9.17, 15) is 39.5 Å². The lowest BCUT2D eigenvalue weighted by atomic mass is 9.93. The van der Waals surface area contributed by atoms with Gasteiger partial charge in [-0.05, 0) is 73.7 Å². The van der Waals surface area contributed by atoms with Crippen LogP contribution in [-0.4, -0.2) is 39.6 Å². The van der Waals surface area contributed by atoms with Gasteiger partial charge in [0.15, 0.2) is 0 Å². The highest BCUT2D eigenvalue weighted by Crippen LogP contribution is 2.44. The maximum Gasteiger partial charge on any atom is 0.864 e. The average molecular weight is 638 g/mol. The molecular formula is C29H30BF9NO4+. The van der Waals surface area contributed by atoms with Crippen LogP contribution >= 0.6 is 0 Å². The molecule has 44 heavy (non-hydrogen) atoms. The molecule has 0 aliphatic carbocycles. The second-order valence-electron chi connectivity index (χ2n) is 10.5. The Bertz CT molecular complexity index is 1330. The summed E-state index contributed by atoms with van der Waals surface area (Å²) >= 11 is 0. The molecule has 0 heterocycles. The number of halogens is 9. The van der Waals surface area contributed by atoms with Crippen LogP contribution in [0.2, 0.25) is 0 Å². The molecule has 3 aromatic carbocycles. The Balaban J connectivity index is 2.13. The Hall–Kier alpha value is -3.59. The number of alkyl halides is 9. The van der Waals surface area contributed by atoms with Crippen LogP contribution in [0.5, 0.6) is 17.2 Å². The molecule has 0 aliphatic rings. The van der Waals surface area contributed by atoms with Gasteiger partial charge in [-0.3, -0.25) is 4.48 Å². The van der Waals surface area contributed by atoms with Crippen molar-refractivity contribution in [1.29, 1.82) is 0 Å². The zero-order valence-electron chi connectivity index (χ0n) is 24.3. The van der Waals surface area contributed by atoms with E-state index in [2.05, 4.69) is 0 Å². The molecule has 15 heteroatoms. The van der Waals surface area contributed by atoms with Crippen LogP contribution in [0, 0.1) is 0 Å². The number of benzene rings is 3. The van der Waals surface area contributed by atoms with Crippen molar-refractivity contribution in [2.45, 2.75) is 44.5 Å². The van der Waals surface area contributed by atoms with Crippen molar-refractivity contribution < 1.29 is 62.7 Å². The fraction of sp³-hybridized carbons (Fsp3) is 0.379. The van der Waals surface area contributed by atoms with Crippen molar-refractivity contribution in [1.82, 2.24) is 0 Å². The van der Waals surface area contributed by atoms with Crippen LogP contribution < -0.4 is 14.0 Å². The molecule has 0 spiro atoms. The second kappa shape index (κ2) is 12.8. The molecule has 1 atom stereocenters. The normalized spacial score (nSPS) is 14.1. The van der Waals surface area contributed by atoms with Gasteiger partial charge in [0.25, 0.3) is 0 Å². The van der Waals surface area contributed by atoms with E-state index in [0.29, 0.717) is 0 Å². The largest absolute Gasteiger partial charge is 0.864 e. The summed E-state index contributed by atoms with van der Waals surface area (Å²) in [5.74, 6) is -0.576. The first kappa shape index (κ1) is 34.9. The molecule has 1 unspecified atom stereocenters. The summed E-state index contributed by atoms with van der Waals surface area (Å²) < 4.78 is 143. The van der Waals surface area contributed by atoms with Crippen molar-refractivity contribution in [2.24, 2.45) is 0 Å². The van der Waals surface area contributed by atoms with Gasteiger partial charge in [0.1, 0.15) is 17.2 Å². The first-order chi connectivity index (χ1) is 20.2. The molecular weight excluding hydrogens is 608 g/mol. The molecule has 0 bridgehead atoms. The zero-order chi connectivity index (χ0) is 33.1. The van der Waals surface area contributed by atoms with Crippen LogP contribution in [-0.2, 0) is 29.0 Å². The van der Waals surface area contributed by atoms with Gasteiger partial charge in [-0.1, -0.05) is 6.92 Å². The maximum absolute atomic E-state index is 13.8. The molecule has 240 valence electrons. The van der Waals surface area contributed by atoms with Crippen LogP contribution in [0.15, 0.2) is 66.7 Å². The van der Waals surface area contributed by atoms with Crippen LogP contribution in [0.4, 0.5) is 39.5 Å². The third kappa shape index (κ3) is 8.11. The van der Waals surface area contributed by atoms with Crippen LogP contribution in [0.25, 0.3) is 0 Å². The summed E-state index contributed by atoms with van der Waals surface area (Å²) in [6, 6.07) is 9.40. The van der Waals surface area contributed by atoms with E-state index in [1.807, 2.05) is 0 Å². The predicted octanol–water partition coefficient (Wildman–Crippen LogP) is 8.57. The average Bonchev–Trinajstić information content (AvgIpc) is 2.90. The summed E-state index contributed by atoms with van der Waals surface area (Å²) in [6.07, 6.45) is -13.9. The highest BCUT2D eigenvalue weighted by Gasteiger charge is 2.49. The van der Waals surface area contributed by atoms with Crippen molar-refractivity contribution in [2.75, 3.05) is 27.7 Å². The Morgan fingerprint density at radius 2 is 1.00 bits per heavy atom. The Labute approximate surface area is 248 Å². The van der Waals surface area contributed by atoms with E-state index in [0.717, 1.165) is 66.7 Å². The van der Waals surface area contributed by atoms with Gasteiger partial charge in [0, 0.05) is 6.42 Å². The summed E-state index contributed by atoms with van der Waals surface area (Å²) in [4.78, 5) is 0. The van der Waals surface area contributed by atoms with Gasteiger partial charge in [0.05, 0.1) is 50.0 Å². The molecule has 3 aromatic rings. The number of hydrogen-bond acceptors (Lipinski definition) is 4. The lowest BCUT2D eigenvalue weighted by Crippen LogP contribution is -2.56. The number of ether oxygens (including phenoxy) is 1. The number of quaternary nitrogens is 1. The SMILES string of the molecule is CCOC(CC)(c1cc(C(F)(F)F)ccc1OB(Oc1ccc(C(F)(F)F)cc1)Oc1ccc(C(F)(F)F)cc1)[N+](C)(C)C. The fourth-order valence-corrected chi connectivity index (χ4v) is 4.60. The molecule has 0 aromatic heterocycles. The molecule has 0 fully saturated rings. The highest BCUT2D eigenvalue weighted by atomic mass is 19.4. The lowest BCUT2D eigenvalue weighted by Gasteiger charge is -2.45. The molecule has 5 nitrogen and oxygen atoms in total. The van der Waals surface area contributed by atoms with E-state index in [1.165, 1.54) is 0 Å². The topological polar surface area (TPSA) is 36.9 Å². The van der Waals surface area contributed by atoms with Gasteiger partial charge in [0.2, 0.25) is 5.72 Å². The van der Waals surface area contributed by atoms with Crippen LogP contribution in [0.3, 0.4) is 0 Å². The summed E-state index contributed by atoms with van der Waals surface area (Å²) in [5.41, 5.74) is -4.42. The van der Waals surface area contributed by atoms with Crippen molar-refractivity contribution >= 4 is 7.32 Å². The molecule has 0 saturated carbocycles. The van der Waals surface area contributed by atoms with Crippen molar-refractivity contribution in [3.63, 3.8) is 0 Å². The molecule has 0 aliphatic heterocycles. The summed E-state index contributed by atoms with van der Waals surface area (Å²) in [7, 11) is 3.23. The minimum Gasteiger partial charge on any atom is -0.490 e. The van der Waals surface area contributed by atoms with E-state index in [4.69, 9.17) is 18.7 Å². The Kier molecular flexibility index (Phi) is 10.2. The molecule has 3 rings (SSSR count). The second-order valence-corrected chi connectivity index (χ2v) is 10.5. The van der Waals surface area contributed by atoms with Gasteiger partial charge in [-0.15, -0.1) is 0 Å². The Morgan fingerprint density at radius 1 is 0.591 bits per heavy atom. The first-order valence-corrected chi connectivity index (χ1v) is 13.2. The lowest BCUT2D eigenvalue weighted by molar-refractivity contribution is -0.961. The Morgan fingerprint density at radius 3 is 1.34 bits per heavy atom. The predicted molar refractivity (Wildman–Crippen MR) is 144 cm³/mol. The van der Waals surface area contributed by atoms with Crippen molar-refractivity contribution in [3.8, 4) is 17.2 Å². The highest BCUT2D eigenvalue weighted by molar-refractivity contribution is 6.39. The fourth-order valence-electron chi connectivity index (χ4n) is 4.60. The molecule has 0 radical (unpaired) electrons. The smallest absolute Gasteiger partial charge is 0.490 e. The van der Waals surface area contributed by atoms with E-state index in [-0.39, 0.29) is 40.3 Å². The minimum atomic E-state index is -4.74. The third-order valence-corrected chi connectivity index (χ3v) is 6.72. The molecule has 0 amide bonds. The summed E-state index contributed by atoms with van der Waals surface area (Å²) in [5, 5.41) is 0.